The third-order valence-corrected chi connectivity index (χ3v) is 5.53. The van der Waals surface area contributed by atoms with Crippen molar-refractivity contribution in [1.29, 1.82) is 0 Å². The molecule has 2 heterocycles. The second-order valence-electron chi connectivity index (χ2n) is 7.42. The van der Waals surface area contributed by atoms with Crippen LogP contribution in [0.3, 0.4) is 0 Å². The van der Waals surface area contributed by atoms with Gasteiger partial charge in [0.1, 0.15) is 11.5 Å². The lowest BCUT2D eigenvalue weighted by Crippen LogP contribution is -2.48. The Morgan fingerprint density at radius 3 is 2.45 bits per heavy atom. The Bertz CT molecular complexity index is 1010. The largest absolute Gasteiger partial charge is 0.497 e. The number of ether oxygens (including phenoxy) is 2. The molecule has 7 heteroatoms. The molecule has 162 valence electrons. The van der Waals surface area contributed by atoms with Gasteiger partial charge in [-0.3, -0.25) is 4.79 Å². The molecule has 7 nitrogen and oxygen atoms in total. The van der Waals surface area contributed by atoms with Gasteiger partial charge in [0.05, 0.1) is 20.4 Å². The van der Waals surface area contributed by atoms with Crippen LogP contribution in [-0.2, 0) is 11.2 Å². The molecule has 3 aromatic rings. The Labute approximate surface area is 182 Å². The van der Waals surface area contributed by atoms with Gasteiger partial charge >= 0.3 is 0 Å². The fourth-order valence-corrected chi connectivity index (χ4v) is 3.71. The molecule has 1 aliphatic heterocycles. The number of hydrogen-bond acceptors (Lipinski definition) is 6. The molecule has 2 aromatic carbocycles. The average molecular weight is 421 g/mol. The van der Waals surface area contributed by atoms with Gasteiger partial charge in [0.15, 0.2) is 11.7 Å². The van der Waals surface area contributed by atoms with E-state index in [0.717, 1.165) is 35.8 Å². The summed E-state index contributed by atoms with van der Waals surface area (Å²) in [5.41, 5.74) is 2.05. The van der Waals surface area contributed by atoms with E-state index in [0.29, 0.717) is 37.6 Å². The van der Waals surface area contributed by atoms with Crippen LogP contribution in [0.2, 0.25) is 0 Å². The van der Waals surface area contributed by atoms with E-state index in [-0.39, 0.29) is 5.91 Å². The number of aromatic nitrogens is 1. The molecule has 0 atom stereocenters. The summed E-state index contributed by atoms with van der Waals surface area (Å²) in [6.45, 7) is 3.06. The van der Waals surface area contributed by atoms with Gasteiger partial charge < -0.3 is 23.7 Å². The van der Waals surface area contributed by atoms with Crippen molar-refractivity contribution < 1.29 is 18.7 Å². The molecule has 31 heavy (non-hydrogen) atoms. The molecule has 0 N–H and O–H groups in total. The van der Waals surface area contributed by atoms with Gasteiger partial charge in [0, 0.05) is 50.3 Å². The van der Waals surface area contributed by atoms with Crippen LogP contribution >= 0.6 is 0 Å². The van der Waals surface area contributed by atoms with E-state index in [9.17, 15) is 4.79 Å². The summed E-state index contributed by atoms with van der Waals surface area (Å²) in [6, 6.07) is 15.7. The highest BCUT2D eigenvalue weighted by Crippen LogP contribution is 2.25. The molecular formula is C24H27N3O4. The van der Waals surface area contributed by atoms with E-state index < -0.39 is 0 Å². The molecule has 1 fully saturated rings. The first-order chi connectivity index (χ1) is 15.2. The van der Waals surface area contributed by atoms with E-state index in [4.69, 9.17) is 13.9 Å². The zero-order valence-electron chi connectivity index (χ0n) is 17.9. The zero-order chi connectivity index (χ0) is 21.6. The van der Waals surface area contributed by atoms with Crippen LogP contribution in [-0.4, -0.2) is 56.2 Å². The van der Waals surface area contributed by atoms with Gasteiger partial charge in [-0.05, 0) is 36.4 Å². The summed E-state index contributed by atoms with van der Waals surface area (Å²) >= 11 is 0. The van der Waals surface area contributed by atoms with Crippen LogP contribution < -0.4 is 14.4 Å². The van der Waals surface area contributed by atoms with Crippen LogP contribution in [0.15, 0.2) is 59.1 Å². The number of methoxy groups -OCH3 is 2. The van der Waals surface area contributed by atoms with Crippen molar-refractivity contribution in [3.63, 3.8) is 0 Å². The summed E-state index contributed by atoms with van der Waals surface area (Å²) < 4.78 is 16.3. The number of anilines is 1. The second kappa shape index (κ2) is 9.55. The first-order valence-corrected chi connectivity index (χ1v) is 10.4. The quantitative estimate of drug-likeness (QED) is 0.580. The minimum atomic E-state index is 0.135. The van der Waals surface area contributed by atoms with Gasteiger partial charge in [-0.15, -0.1) is 0 Å². The molecule has 0 aliphatic carbocycles. The molecule has 0 unspecified atom stereocenters. The monoisotopic (exact) mass is 421 g/mol. The summed E-state index contributed by atoms with van der Waals surface area (Å²) in [5.74, 6) is 2.99. The van der Waals surface area contributed by atoms with Crippen LogP contribution in [0, 0.1) is 0 Å². The van der Waals surface area contributed by atoms with Crippen molar-refractivity contribution >= 4 is 11.6 Å². The summed E-state index contributed by atoms with van der Waals surface area (Å²) in [5, 5.41) is 0. The van der Waals surface area contributed by atoms with Crippen molar-refractivity contribution in [3.8, 4) is 22.8 Å². The Hall–Kier alpha value is -3.48. The number of carbonyl (C=O) groups is 1. The molecule has 0 saturated carbocycles. The summed E-state index contributed by atoms with van der Waals surface area (Å²) in [4.78, 5) is 21.2. The van der Waals surface area contributed by atoms with Crippen LogP contribution in [0.25, 0.3) is 11.3 Å². The lowest BCUT2D eigenvalue weighted by molar-refractivity contribution is -0.131. The zero-order valence-corrected chi connectivity index (χ0v) is 17.9. The summed E-state index contributed by atoms with van der Waals surface area (Å²) in [7, 11) is 3.30. The number of benzene rings is 2. The summed E-state index contributed by atoms with van der Waals surface area (Å²) in [6.07, 6.45) is 2.57. The van der Waals surface area contributed by atoms with Crippen molar-refractivity contribution in [2.45, 2.75) is 12.8 Å². The normalized spacial score (nSPS) is 13.9. The maximum atomic E-state index is 12.7. The first-order valence-electron chi connectivity index (χ1n) is 10.4. The second-order valence-corrected chi connectivity index (χ2v) is 7.42. The Morgan fingerprint density at radius 2 is 1.74 bits per heavy atom. The van der Waals surface area contributed by atoms with Crippen LogP contribution in [0.4, 0.5) is 5.69 Å². The number of oxazole rings is 1. The molecule has 1 aliphatic rings. The molecular weight excluding hydrogens is 394 g/mol. The topological polar surface area (TPSA) is 68.0 Å². The predicted molar refractivity (Wildman–Crippen MR) is 119 cm³/mol. The number of hydrogen-bond donors (Lipinski definition) is 0. The third kappa shape index (κ3) is 4.99. The van der Waals surface area contributed by atoms with Crippen LogP contribution in [0.1, 0.15) is 12.3 Å². The Balaban J connectivity index is 1.27. The van der Waals surface area contributed by atoms with Gasteiger partial charge in [-0.25, -0.2) is 4.98 Å². The number of piperazine rings is 1. The fraction of sp³-hybridized carbons (Fsp3) is 0.333. The lowest BCUT2D eigenvalue weighted by atomic mass is 10.2. The Kier molecular flexibility index (Phi) is 6.40. The van der Waals surface area contributed by atoms with Gasteiger partial charge in [-0.2, -0.15) is 0 Å². The van der Waals surface area contributed by atoms with E-state index >= 15 is 0 Å². The highest BCUT2D eigenvalue weighted by atomic mass is 16.5. The number of carbonyl (C=O) groups excluding carboxylic acids is 1. The standard InChI is InChI=1S/C24H27N3O4/c1-29-20-8-6-19(7-9-20)26-12-14-27(15-13-26)24(28)11-10-23-25-17-22(31-23)18-4-3-5-21(16-18)30-2/h3-9,16-17H,10-15H2,1-2H3. The SMILES string of the molecule is COc1ccc(N2CCN(C(=O)CCc3ncc(-c4cccc(OC)c4)o3)CC2)cc1. The third-order valence-electron chi connectivity index (χ3n) is 5.53. The number of amides is 1. The smallest absolute Gasteiger partial charge is 0.223 e. The number of nitrogens with zero attached hydrogens (tertiary/aromatic N) is 3. The average Bonchev–Trinajstić information content (AvgIpc) is 3.32. The first kappa shape index (κ1) is 20.8. The van der Waals surface area contributed by atoms with Gasteiger partial charge in [-0.1, -0.05) is 12.1 Å². The fourth-order valence-electron chi connectivity index (χ4n) is 3.71. The minimum Gasteiger partial charge on any atom is -0.497 e. The number of aryl methyl sites for hydroxylation is 1. The molecule has 1 amide bonds. The molecule has 4 rings (SSSR count). The van der Waals surface area contributed by atoms with Crippen LogP contribution in [0.5, 0.6) is 11.5 Å². The molecule has 1 aromatic heterocycles. The maximum Gasteiger partial charge on any atom is 0.223 e. The number of rotatable bonds is 7. The molecule has 0 bridgehead atoms. The van der Waals surface area contributed by atoms with Crippen molar-refractivity contribution in [3.05, 3.63) is 60.6 Å². The lowest BCUT2D eigenvalue weighted by Gasteiger charge is -2.36. The Morgan fingerprint density at radius 1 is 1.00 bits per heavy atom. The van der Waals surface area contributed by atoms with Gasteiger partial charge in [0.25, 0.3) is 0 Å². The van der Waals surface area contributed by atoms with Gasteiger partial charge in [0.2, 0.25) is 5.91 Å². The van der Waals surface area contributed by atoms with E-state index in [1.54, 1.807) is 20.4 Å². The van der Waals surface area contributed by atoms with Crippen molar-refractivity contribution in [2.75, 3.05) is 45.3 Å². The molecule has 0 radical (unpaired) electrons. The predicted octanol–water partition coefficient (Wildman–Crippen LogP) is 3.64. The molecule has 0 spiro atoms. The molecule has 1 saturated heterocycles. The maximum absolute atomic E-state index is 12.7. The highest BCUT2D eigenvalue weighted by Gasteiger charge is 2.21. The van der Waals surface area contributed by atoms with E-state index in [2.05, 4.69) is 22.0 Å². The van der Waals surface area contributed by atoms with E-state index in [1.165, 1.54) is 0 Å². The van der Waals surface area contributed by atoms with E-state index in [1.807, 2.05) is 41.3 Å². The van der Waals surface area contributed by atoms with Crippen molar-refractivity contribution in [2.24, 2.45) is 0 Å². The highest BCUT2D eigenvalue weighted by molar-refractivity contribution is 5.76. The van der Waals surface area contributed by atoms with Crippen molar-refractivity contribution in [1.82, 2.24) is 9.88 Å². The minimum absolute atomic E-state index is 0.135.